The Morgan fingerprint density at radius 2 is 2.12 bits per heavy atom. The number of unbranched alkanes of at least 4 members (excludes halogenated alkanes) is 1. The van der Waals surface area contributed by atoms with Gasteiger partial charge in [-0.2, -0.15) is 0 Å². The topological polar surface area (TPSA) is 12.0 Å². The fraction of sp³-hybridized carbons (Fsp3) is 0.571. The summed E-state index contributed by atoms with van der Waals surface area (Å²) in [4.78, 5) is 1.21. The average molecular weight is 255 g/mol. The van der Waals surface area contributed by atoms with E-state index in [9.17, 15) is 4.39 Å². The quantitative estimate of drug-likeness (QED) is 0.600. The number of thioether (sulfide) groups is 1. The van der Waals surface area contributed by atoms with E-state index in [-0.39, 0.29) is 11.9 Å². The van der Waals surface area contributed by atoms with E-state index in [2.05, 4.69) is 19.2 Å². The van der Waals surface area contributed by atoms with Crippen LogP contribution in [0, 0.1) is 12.7 Å². The van der Waals surface area contributed by atoms with Gasteiger partial charge in [-0.05, 0) is 56.3 Å². The summed E-state index contributed by atoms with van der Waals surface area (Å²) in [5.74, 6) is 0.993. The molecule has 0 bridgehead atoms. The second-order valence-corrected chi connectivity index (χ2v) is 5.49. The van der Waals surface area contributed by atoms with Crippen molar-refractivity contribution in [2.75, 3.05) is 12.8 Å². The zero-order chi connectivity index (χ0) is 12.8. The molecule has 0 aromatic heterocycles. The average Bonchev–Trinajstić information content (AvgIpc) is 2.32. The van der Waals surface area contributed by atoms with Gasteiger partial charge in [0.05, 0.1) is 0 Å². The van der Waals surface area contributed by atoms with Gasteiger partial charge in [0.15, 0.2) is 0 Å². The summed E-state index contributed by atoms with van der Waals surface area (Å²) in [6, 6.07) is 3.83. The molecule has 1 aromatic rings. The van der Waals surface area contributed by atoms with Crippen LogP contribution in [0.1, 0.15) is 43.9 Å². The molecule has 1 unspecified atom stereocenters. The Morgan fingerprint density at radius 3 is 2.71 bits per heavy atom. The molecule has 0 aliphatic heterocycles. The van der Waals surface area contributed by atoms with E-state index in [1.54, 1.807) is 6.07 Å². The lowest BCUT2D eigenvalue weighted by molar-refractivity contribution is 0.594. The SMILES string of the molecule is CCCCSc1cc(C)c(F)cc1C(C)NC. The Morgan fingerprint density at radius 1 is 1.41 bits per heavy atom. The summed E-state index contributed by atoms with van der Waals surface area (Å²) >= 11 is 1.83. The van der Waals surface area contributed by atoms with Crippen LogP contribution in [0.4, 0.5) is 4.39 Å². The van der Waals surface area contributed by atoms with E-state index < -0.39 is 0 Å². The van der Waals surface area contributed by atoms with Crippen molar-refractivity contribution in [1.82, 2.24) is 5.32 Å². The second kappa shape index (κ2) is 7.02. The molecule has 0 saturated heterocycles. The summed E-state index contributed by atoms with van der Waals surface area (Å²) in [6.07, 6.45) is 2.40. The third-order valence-electron chi connectivity index (χ3n) is 2.95. The Labute approximate surface area is 108 Å². The van der Waals surface area contributed by atoms with E-state index in [1.165, 1.54) is 17.7 Å². The van der Waals surface area contributed by atoms with E-state index in [4.69, 9.17) is 0 Å². The van der Waals surface area contributed by atoms with Gasteiger partial charge < -0.3 is 5.32 Å². The van der Waals surface area contributed by atoms with E-state index in [0.29, 0.717) is 0 Å². The maximum Gasteiger partial charge on any atom is 0.126 e. The van der Waals surface area contributed by atoms with Crippen LogP contribution in [0.5, 0.6) is 0 Å². The highest BCUT2D eigenvalue weighted by atomic mass is 32.2. The Kier molecular flexibility index (Phi) is 6.00. The maximum atomic E-state index is 13.6. The van der Waals surface area contributed by atoms with Crippen LogP contribution >= 0.6 is 11.8 Å². The lowest BCUT2D eigenvalue weighted by Gasteiger charge is -2.16. The first-order chi connectivity index (χ1) is 8.10. The van der Waals surface area contributed by atoms with Crippen LogP contribution in [0.25, 0.3) is 0 Å². The maximum absolute atomic E-state index is 13.6. The zero-order valence-electron chi connectivity index (χ0n) is 11.1. The monoisotopic (exact) mass is 255 g/mol. The highest BCUT2D eigenvalue weighted by molar-refractivity contribution is 7.99. The van der Waals surface area contributed by atoms with Crippen molar-refractivity contribution in [2.45, 2.75) is 44.6 Å². The van der Waals surface area contributed by atoms with Crippen LogP contribution in [-0.4, -0.2) is 12.8 Å². The molecule has 1 atom stereocenters. The van der Waals surface area contributed by atoms with E-state index in [0.717, 1.165) is 16.9 Å². The summed E-state index contributed by atoms with van der Waals surface area (Å²) in [5.41, 5.74) is 1.80. The van der Waals surface area contributed by atoms with E-state index in [1.807, 2.05) is 31.8 Å². The van der Waals surface area contributed by atoms with Gasteiger partial charge in [0.25, 0.3) is 0 Å². The van der Waals surface area contributed by atoms with Gasteiger partial charge in [-0.1, -0.05) is 13.3 Å². The first-order valence-electron chi connectivity index (χ1n) is 6.20. The molecular weight excluding hydrogens is 233 g/mol. The van der Waals surface area contributed by atoms with E-state index >= 15 is 0 Å². The Hall–Kier alpha value is -0.540. The molecule has 0 aliphatic rings. The molecule has 0 spiro atoms. The molecule has 3 heteroatoms. The van der Waals surface area contributed by atoms with Crippen LogP contribution in [0.2, 0.25) is 0 Å². The molecule has 0 saturated carbocycles. The summed E-state index contributed by atoms with van der Waals surface area (Å²) in [6.45, 7) is 6.08. The molecule has 1 N–H and O–H groups in total. The van der Waals surface area contributed by atoms with Crippen molar-refractivity contribution in [3.05, 3.63) is 29.1 Å². The zero-order valence-corrected chi connectivity index (χ0v) is 12.0. The summed E-state index contributed by atoms with van der Waals surface area (Å²) in [5, 5.41) is 3.18. The number of aryl methyl sites for hydroxylation is 1. The number of benzene rings is 1. The third kappa shape index (κ3) is 4.00. The molecule has 0 heterocycles. The predicted octanol–water partition coefficient (Wildman–Crippen LogP) is 4.31. The van der Waals surface area contributed by atoms with Crippen molar-refractivity contribution in [3.8, 4) is 0 Å². The largest absolute Gasteiger partial charge is 0.313 e. The van der Waals surface area contributed by atoms with Crippen molar-refractivity contribution >= 4 is 11.8 Å². The summed E-state index contributed by atoms with van der Waals surface area (Å²) < 4.78 is 13.6. The fourth-order valence-electron chi connectivity index (χ4n) is 1.62. The van der Waals surface area contributed by atoms with Crippen LogP contribution in [0.3, 0.4) is 0 Å². The van der Waals surface area contributed by atoms with Crippen molar-refractivity contribution in [1.29, 1.82) is 0 Å². The minimum Gasteiger partial charge on any atom is -0.313 e. The van der Waals surface area contributed by atoms with Gasteiger partial charge in [-0.3, -0.25) is 0 Å². The van der Waals surface area contributed by atoms with Gasteiger partial charge in [-0.15, -0.1) is 11.8 Å². The molecule has 1 rings (SSSR count). The number of rotatable bonds is 6. The lowest BCUT2D eigenvalue weighted by atomic mass is 10.1. The number of hydrogen-bond acceptors (Lipinski definition) is 2. The highest BCUT2D eigenvalue weighted by Crippen LogP contribution is 2.30. The molecule has 0 amide bonds. The van der Waals surface area contributed by atoms with Crippen molar-refractivity contribution in [2.24, 2.45) is 0 Å². The molecule has 1 aromatic carbocycles. The van der Waals surface area contributed by atoms with Gasteiger partial charge in [0.2, 0.25) is 0 Å². The number of nitrogens with one attached hydrogen (secondary N) is 1. The van der Waals surface area contributed by atoms with Crippen LogP contribution in [-0.2, 0) is 0 Å². The first kappa shape index (κ1) is 14.5. The van der Waals surface area contributed by atoms with Crippen molar-refractivity contribution in [3.63, 3.8) is 0 Å². The lowest BCUT2D eigenvalue weighted by Crippen LogP contribution is -2.14. The minimum atomic E-state index is -0.109. The van der Waals surface area contributed by atoms with Gasteiger partial charge in [0, 0.05) is 10.9 Å². The molecule has 0 aliphatic carbocycles. The number of hydrogen-bond donors (Lipinski definition) is 1. The van der Waals surface area contributed by atoms with Gasteiger partial charge >= 0.3 is 0 Å². The fourth-order valence-corrected chi connectivity index (χ4v) is 2.93. The molecule has 0 fully saturated rings. The Bertz CT molecular complexity index is 365. The predicted molar refractivity (Wildman–Crippen MR) is 74.2 cm³/mol. The molecule has 0 radical (unpaired) electrons. The second-order valence-electron chi connectivity index (χ2n) is 4.35. The van der Waals surface area contributed by atoms with Crippen molar-refractivity contribution < 1.29 is 4.39 Å². The molecule has 96 valence electrons. The first-order valence-corrected chi connectivity index (χ1v) is 7.18. The van der Waals surface area contributed by atoms with Crippen LogP contribution in [0.15, 0.2) is 17.0 Å². The minimum absolute atomic E-state index is 0.109. The third-order valence-corrected chi connectivity index (χ3v) is 4.10. The molecule has 1 nitrogen and oxygen atoms in total. The highest BCUT2D eigenvalue weighted by Gasteiger charge is 2.12. The smallest absolute Gasteiger partial charge is 0.126 e. The Balaban J connectivity index is 2.94. The van der Waals surface area contributed by atoms with Gasteiger partial charge in [0.1, 0.15) is 5.82 Å². The standard InChI is InChI=1S/C14H22FNS/c1-5-6-7-17-14-8-10(2)13(15)9-12(14)11(3)16-4/h8-9,11,16H,5-7H2,1-4H3. The molecule has 17 heavy (non-hydrogen) atoms. The normalized spacial score (nSPS) is 12.8. The number of halogens is 1. The van der Waals surface area contributed by atoms with Crippen LogP contribution < -0.4 is 5.32 Å². The summed E-state index contributed by atoms with van der Waals surface area (Å²) in [7, 11) is 1.91. The van der Waals surface area contributed by atoms with Gasteiger partial charge in [-0.25, -0.2) is 4.39 Å². The molecular formula is C14H22FNS.